The lowest BCUT2D eigenvalue weighted by atomic mass is 10.2. The molecule has 4 aromatic heterocycles. The van der Waals surface area contributed by atoms with Crippen molar-refractivity contribution in [2.75, 3.05) is 5.32 Å². The van der Waals surface area contributed by atoms with Gasteiger partial charge in [-0.1, -0.05) is 13.8 Å². The first kappa shape index (κ1) is 18.5. The molecule has 1 N–H and O–H groups in total. The molecule has 0 spiro atoms. The Bertz CT molecular complexity index is 1340. The third-order valence-corrected chi connectivity index (χ3v) is 5.29. The summed E-state index contributed by atoms with van der Waals surface area (Å²) >= 11 is 0. The van der Waals surface area contributed by atoms with Crippen LogP contribution >= 0.6 is 0 Å². The fraction of sp³-hybridized carbons (Fsp3) is 0.400. The van der Waals surface area contributed by atoms with Crippen LogP contribution in [-0.4, -0.2) is 39.9 Å². The van der Waals surface area contributed by atoms with Crippen molar-refractivity contribution < 1.29 is 4.79 Å². The molecule has 154 valence electrons. The van der Waals surface area contributed by atoms with Gasteiger partial charge in [-0.15, -0.1) is 10.2 Å². The van der Waals surface area contributed by atoms with E-state index in [1.807, 2.05) is 31.2 Å². The molecular formula is C20H22N8O2. The second-order valence-corrected chi connectivity index (χ2v) is 8.06. The number of pyridine rings is 1. The summed E-state index contributed by atoms with van der Waals surface area (Å²) in [6.45, 7) is 5.65. The maximum atomic E-state index is 13.0. The average Bonchev–Trinajstić information content (AvgIpc) is 3.36. The second-order valence-electron chi connectivity index (χ2n) is 8.06. The molecule has 10 heteroatoms. The van der Waals surface area contributed by atoms with Gasteiger partial charge in [0.2, 0.25) is 5.91 Å². The van der Waals surface area contributed by atoms with Crippen LogP contribution in [0.15, 0.2) is 29.2 Å². The summed E-state index contributed by atoms with van der Waals surface area (Å²) in [5.74, 6) is 1.56. The van der Waals surface area contributed by atoms with Crippen LogP contribution in [0.5, 0.6) is 0 Å². The zero-order valence-electron chi connectivity index (χ0n) is 17.0. The third kappa shape index (κ3) is 3.14. The van der Waals surface area contributed by atoms with Crippen molar-refractivity contribution in [3.63, 3.8) is 0 Å². The van der Waals surface area contributed by atoms with Crippen LogP contribution in [0.2, 0.25) is 0 Å². The van der Waals surface area contributed by atoms with Crippen molar-refractivity contribution in [1.82, 2.24) is 34.0 Å². The van der Waals surface area contributed by atoms with Crippen molar-refractivity contribution in [3.8, 4) is 0 Å². The molecule has 1 amide bonds. The van der Waals surface area contributed by atoms with E-state index in [0.29, 0.717) is 28.6 Å². The summed E-state index contributed by atoms with van der Waals surface area (Å²) in [7, 11) is 0. The number of nitrogens with zero attached hydrogens (tertiary/aromatic N) is 7. The summed E-state index contributed by atoms with van der Waals surface area (Å²) in [4.78, 5) is 25.6. The summed E-state index contributed by atoms with van der Waals surface area (Å²) in [6.07, 6.45) is 3.99. The van der Waals surface area contributed by atoms with Crippen LogP contribution in [0.4, 0.5) is 5.69 Å². The van der Waals surface area contributed by atoms with Crippen molar-refractivity contribution in [1.29, 1.82) is 0 Å². The molecule has 0 unspecified atom stereocenters. The van der Waals surface area contributed by atoms with Gasteiger partial charge >= 0.3 is 0 Å². The van der Waals surface area contributed by atoms with Gasteiger partial charge in [-0.2, -0.15) is 10.2 Å². The Labute approximate surface area is 171 Å². The van der Waals surface area contributed by atoms with Gasteiger partial charge in [-0.05, 0) is 31.9 Å². The Hall–Kier alpha value is -3.56. The number of amides is 1. The van der Waals surface area contributed by atoms with E-state index in [1.54, 1.807) is 22.8 Å². The zero-order chi connectivity index (χ0) is 21.0. The number of aromatic nitrogens is 7. The van der Waals surface area contributed by atoms with E-state index in [1.165, 1.54) is 4.68 Å². The molecule has 0 bridgehead atoms. The molecule has 1 aliphatic carbocycles. The van der Waals surface area contributed by atoms with Crippen LogP contribution in [-0.2, 0) is 11.3 Å². The normalized spacial score (nSPS) is 14.1. The predicted molar refractivity (Wildman–Crippen MR) is 110 cm³/mol. The number of carbonyl (C=O) groups excluding carboxylic acids is 1. The number of aryl methyl sites for hydroxylation is 1. The minimum absolute atomic E-state index is 0.0490. The third-order valence-electron chi connectivity index (χ3n) is 5.29. The number of hydrogen-bond donors (Lipinski definition) is 1. The quantitative estimate of drug-likeness (QED) is 0.542. The lowest BCUT2D eigenvalue weighted by Gasteiger charge is -2.12. The Morgan fingerprint density at radius 2 is 2.03 bits per heavy atom. The fourth-order valence-corrected chi connectivity index (χ4v) is 3.54. The number of fused-ring (bicyclic) bond motifs is 2. The summed E-state index contributed by atoms with van der Waals surface area (Å²) in [6, 6.07) is 5.33. The van der Waals surface area contributed by atoms with Gasteiger partial charge < -0.3 is 5.32 Å². The molecule has 1 saturated carbocycles. The minimum Gasteiger partial charge on any atom is -0.324 e. The SMILES string of the molecule is Cc1nnc2cc(NC(=O)Cn3nc(C(C)C)n4nc(C5CC5)cc4c3=O)ccn12. The van der Waals surface area contributed by atoms with E-state index in [9.17, 15) is 9.59 Å². The van der Waals surface area contributed by atoms with Gasteiger partial charge in [0.05, 0.1) is 5.69 Å². The first-order valence-corrected chi connectivity index (χ1v) is 10.0. The molecule has 0 atom stereocenters. The summed E-state index contributed by atoms with van der Waals surface area (Å²) in [5, 5.41) is 19.9. The Morgan fingerprint density at radius 1 is 1.23 bits per heavy atom. The van der Waals surface area contributed by atoms with Crippen LogP contribution < -0.4 is 10.9 Å². The highest BCUT2D eigenvalue weighted by Crippen LogP contribution is 2.39. The van der Waals surface area contributed by atoms with Gasteiger partial charge in [0.25, 0.3) is 5.56 Å². The van der Waals surface area contributed by atoms with E-state index < -0.39 is 0 Å². The van der Waals surface area contributed by atoms with Crippen molar-refractivity contribution in [2.24, 2.45) is 0 Å². The van der Waals surface area contributed by atoms with Gasteiger partial charge in [0, 0.05) is 29.8 Å². The molecular weight excluding hydrogens is 384 g/mol. The van der Waals surface area contributed by atoms with Crippen LogP contribution in [0.25, 0.3) is 11.2 Å². The lowest BCUT2D eigenvalue weighted by molar-refractivity contribution is -0.117. The highest BCUT2D eigenvalue weighted by atomic mass is 16.2. The second kappa shape index (κ2) is 6.75. The molecule has 5 rings (SSSR count). The maximum absolute atomic E-state index is 13.0. The highest BCUT2D eigenvalue weighted by molar-refractivity contribution is 5.91. The van der Waals surface area contributed by atoms with E-state index in [4.69, 9.17) is 0 Å². The first-order chi connectivity index (χ1) is 14.4. The van der Waals surface area contributed by atoms with Gasteiger partial charge in [0.15, 0.2) is 11.5 Å². The molecule has 0 aromatic carbocycles. The Kier molecular flexibility index (Phi) is 4.16. The first-order valence-electron chi connectivity index (χ1n) is 10.0. The van der Waals surface area contributed by atoms with Crippen LogP contribution in [0, 0.1) is 6.92 Å². The fourth-order valence-electron chi connectivity index (χ4n) is 3.54. The molecule has 0 radical (unpaired) electrons. The molecule has 4 aromatic rings. The van der Waals surface area contributed by atoms with Gasteiger partial charge in [-0.25, -0.2) is 9.20 Å². The van der Waals surface area contributed by atoms with E-state index in [0.717, 1.165) is 24.4 Å². The molecule has 1 aliphatic rings. The highest BCUT2D eigenvalue weighted by Gasteiger charge is 2.28. The lowest BCUT2D eigenvalue weighted by Crippen LogP contribution is -2.32. The molecule has 0 saturated heterocycles. The van der Waals surface area contributed by atoms with Crippen LogP contribution in [0.3, 0.4) is 0 Å². The zero-order valence-corrected chi connectivity index (χ0v) is 17.0. The minimum atomic E-state index is -0.342. The molecule has 0 aliphatic heterocycles. The number of nitrogens with one attached hydrogen (secondary N) is 1. The smallest absolute Gasteiger partial charge is 0.293 e. The van der Waals surface area contributed by atoms with E-state index >= 15 is 0 Å². The van der Waals surface area contributed by atoms with Gasteiger partial charge in [-0.3, -0.25) is 14.0 Å². The monoisotopic (exact) mass is 406 g/mol. The molecule has 30 heavy (non-hydrogen) atoms. The van der Waals surface area contributed by atoms with Gasteiger partial charge in [0.1, 0.15) is 17.9 Å². The van der Waals surface area contributed by atoms with E-state index in [2.05, 4.69) is 25.7 Å². The van der Waals surface area contributed by atoms with Crippen molar-refractivity contribution in [3.05, 3.63) is 52.1 Å². The number of hydrogen-bond acceptors (Lipinski definition) is 6. The van der Waals surface area contributed by atoms with Crippen LogP contribution in [0.1, 0.15) is 55.9 Å². The summed E-state index contributed by atoms with van der Waals surface area (Å²) < 4.78 is 4.68. The average molecular weight is 406 g/mol. The Balaban J connectivity index is 1.45. The number of carbonyl (C=O) groups is 1. The van der Waals surface area contributed by atoms with Crippen molar-refractivity contribution in [2.45, 2.75) is 52.0 Å². The standard InChI is InChI=1S/C20H22N8O2/c1-11(2)19-25-27(20(30)16-9-15(13-4-5-13)24-28(16)19)10-18(29)21-14-6-7-26-12(3)22-23-17(26)8-14/h6-9,11,13H,4-5,10H2,1-3H3,(H,21,29). The maximum Gasteiger partial charge on any atom is 0.293 e. The molecule has 1 fully saturated rings. The predicted octanol–water partition coefficient (Wildman–Crippen LogP) is 1.88. The number of rotatable bonds is 5. The summed E-state index contributed by atoms with van der Waals surface area (Å²) in [5.41, 5.74) is 2.28. The Morgan fingerprint density at radius 3 is 2.77 bits per heavy atom. The molecule has 4 heterocycles. The number of anilines is 1. The largest absolute Gasteiger partial charge is 0.324 e. The topological polar surface area (TPSA) is 111 Å². The van der Waals surface area contributed by atoms with Crippen molar-refractivity contribution >= 4 is 22.8 Å². The van der Waals surface area contributed by atoms with E-state index in [-0.39, 0.29) is 23.9 Å². The molecule has 10 nitrogen and oxygen atoms in total.